The summed E-state index contributed by atoms with van der Waals surface area (Å²) in [4.78, 5) is 25.1. The highest BCUT2D eigenvalue weighted by atomic mass is 35.5. The molecule has 3 aliphatic rings. The van der Waals surface area contributed by atoms with Crippen LogP contribution in [0.1, 0.15) is 54.3 Å². The number of nitrogens with zero attached hydrogens (tertiary/aromatic N) is 1. The molecule has 2 fully saturated rings. The van der Waals surface area contributed by atoms with Crippen LogP contribution in [0.15, 0.2) is 23.0 Å². The molecule has 1 aromatic carbocycles. The van der Waals surface area contributed by atoms with Crippen molar-refractivity contribution in [1.29, 1.82) is 0 Å². The minimum absolute atomic E-state index is 0.0202. The second kappa shape index (κ2) is 8.34. The fraction of sp³-hybridized carbons (Fsp3) is 0.500. The van der Waals surface area contributed by atoms with Gasteiger partial charge in [0.15, 0.2) is 0 Å². The van der Waals surface area contributed by atoms with Gasteiger partial charge in [-0.3, -0.25) is 4.79 Å². The molecular weight excluding hydrogens is 448 g/mol. The van der Waals surface area contributed by atoms with E-state index in [1.807, 2.05) is 0 Å². The van der Waals surface area contributed by atoms with Crippen molar-refractivity contribution >= 4 is 17.6 Å². The molecule has 5 rings (SSSR count). The summed E-state index contributed by atoms with van der Waals surface area (Å²) in [5, 5.41) is 13.4. The van der Waals surface area contributed by atoms with E-state index in [1.54, 1.807) is 23.8 Å². The number of pyridine rings is 1. The number of nitrogens with one attached hydrogen (secondary N) is 1. The molecule has 1 saturated carbocycles. The first-order valence-electron chi connectivity index (χ1n) is 11.2. The minimum atomic E-state index is -1.23. The number of ether oxygens (including phenoxy) is 3. The van der Waals surface area contributed by atoms with Crippen molar-refractivity contribution in [3.05, 3.63) is 44.7 Å². The van der Waals surface area contributed by atoms with Crippen molar-refractivity contribution in [2.45, 2.75) is 38.3 Å². The monoisotopic (exact) mass is 474 g/mol. The summed E-state index contributed by atoms with van der Waals surface area (Å²) in [6.45, 7) is 4.59. The van der Waals surface area contributed by atoms with Crippen LogP contribution < -0.4 is 20.3 Å². The molecule has 0 bridgehead atoms. The van der Waals surface area contributed by atoms with Gasteiger partial charge in [0.2, 0.25) is 0 Å². The second-order valence-corrected chi connectivity index (χ2v) is 9.71. The number of carbonyl (C=O) groups is 1. The first-order chi connectivity index (χ1) is 15.8. The fourth-order valence-electron chi connectivity index (χ4n) is 4.70. The molecule has 2 N–H and O–H groups in total. The molecule has 33 heavy (non-hydrogen) atoms. The molecule has 1 aliphatic carbocycles. The van der Waals surface area contributed by atoms with Crippen molar-refractivity contribution in [3.63, 3.8) is 0 Å². The van der Waals surface area contributed by atoms with Gasteiger partial charge < -0.3 is 29.2 Å². The van der Waals surface area contributed by atoms with E-state index in [0.717, 1.165) is 37.9 Å². The maximum atomic E-state index is 13.2. The van der Waals surface area contributed by atoms with Gasteiger partial charge in [-0.2, -0.15) is 0 Å². The van der Waals surface area contributed by atoms with E-state index in [1.165, 1.54) is 6.07 Å². The van der Waals surface area contributed by atoms with Crippen molar-refractivity contribution < 1.29 is 24.1 Å². The van der Waals surface area contributed by atoms with Crippen LogP contribution >= 0.6 is 11.6 Å². The number of aromatic nitrogens is 1. The van der Waals surface area contributed by atoms with E-state index in [0.29, 0.717) is 41.0 Å². The Labute approximate surface area is 196 Å². The molecule has 0 unspecified atom stereocenters. The smallest absolute Gasteiger partial charge is 0.341 e. The van der Waals surface area contributed by atoms with Gasteiger partial charge in [0.1, 0.15) is 23.2 Å². The highest BCUT2D eigenvalue weighted by Crippen LogP contribution is 2.53. The Morgan fingerprint density at radius 1 is 1.30 bits per heavy atom. The highest BCUT2D eigenvalue weighted by Gasteiger charge is 2.47. The predicted octanol–water partition coefficient (Wildman–Crippen LogP) is 3.66. The number of benzene rings is 1. The number of hydrogen-bond donors (Lipinski definition) is 2. The van der Waals surface area contributed by atoms with Crippen molar-refractivity contribution in [1.82, 2.24) is 9.88 Å². The molecule has 176 valence electrons. The summed E-state index contributed by atoms with van der Waals surface area (Å²) in [5.41, 5.74) is 1.17. The van der Waals surface area contributed by atoms with Crippen LogP contribution in [0.5, 0.6) is 11.5 Å². The third-order valence-corrected chi connectivity index (χ3v) is 6.96. The van der Waals surface area contributed by atoms with Gasteiger partial charge >= 0.3 is 5.97 Å². The van der Waals surface area contributed by atoms with Gasteiger partial charge in [-0.05, 0) is 25.0 Å². The summed E-state index contributed by atoms with van der Waals surface area (Å²) in [6, 6.07) is 5.02. The number of carboxylic acids is 1. The van der Waals surface area contributed by atoms with Crippen LogP contribution in [-0.2, 0) is 4.74 Å². The molecule has 9 heteroatoms. The standard InChI is InChI=1S/C24H27ClN2O6/c1-24(11-26-12-24)21-15-8-16(23(29)30)22(28)27(13-4-5-13)20(15)14-9-17(25)19(10-18(14)33-21)32-7-3-6-31-2/h8-10,13,21,26H,3-7,11-12H2,1-2H3,(H,29,30)/t21-/m0/s1. The van der Waals surface area contributed by atoms with Crippen LogP contribution in [0.4, 0.5) is 0 Å². The third kappa shape index (κ3) is 3.80. The zero-order valence-corrected chi connectivity index (χ0v) is 19.4. The van der Waals surface area contributed by atoms with E-state index >= 15 is 0 Å². The molecule has 1 aromatic heterocycles. The zero-order valence-electron chi connectivity index (χ0n) is 18.7. The Morgan fingerprint density at radius 2 is 2.06 bits per heavy atom. The maximum Gasteiger partial charge on any atom is 0.341 e. The largest absolute Gasteiger partial charge is 0.492 e. The summed E-state index contributed by atoms with van der Waals surface area (Å²) in [7, 11) is 1.64. The lowest BCUT2D eigenvalue weighted by molar-refractivity contribution is 0.0136. The topological polar surface area (TPSA) is 99.0 Å². The van der Waals surface area contributed by atoms with Gasteiger partial charge in [0.05, 0.1) is 17.3 Å². The predicted molar refractivity (Wildman–Crippen MR) is 123 cm³/mol. The lowest BCUT2D eigenvalue weighted by Gasteiger charge is -2.47. The van der Waals surface area contributed by atoms with Gasteiger partial charge in [0.25, 0.3) is 5.56 Å². The number of hydrogen-bond acceptors (Lipinski definition) is 6. The van der Waals surface area contributed by atoms with E-state index in [4.69, 9.17) is 25.8 Å². The number of methoxy groups -OCH3 is 1. The average molecular weight is 475 g/mol. The molecule has 0 spiro atoms. The number of fused-ring (bicyclic) bond motifs is 3. The summed E-state index contributed by atoms with van der Waals surface area (Å²) < 4.78 is 19.1. The molecule has 2 aromatic rings. The Hall–Kier alpha value is -2.55. The quantitative estimate of drug-likeness (QED) is 0.563. The van der Waals surface area contributed by atoms with Crippen LogP contribution in [0.2, 0.25) is 5.02 Å². The van der Waals surface area contributed by atoms with E-state index < -0.39 is 17.6 Å². The number of halogens is 1. The fourth-order valence-corrected chi connectivity index (χ4v) is 4.92. The lowest BCUT2D eigenvalue weighted by atomic mass is 9.73. The number of aromatic carboxylic acids is 1. The molecule has 8 nitrogen and oxygen atoms in total. The van der Waals surface area contributed by atoms with Crippen LogP contribution in [0.3, 0.4) is 0 Å². The Bertz CT molecular complexity index is 1170. The molecule has 0 amide bonds. The minimum Gasteiger partial charge on any atom is -0.492 e. The Balaban J connectivity index is 1.68. The Morgan fingerprint density at radius 3 is 2.67 bits per heavy atom. The first kappa shape index (κ1) is 22.3. The van der Waals surface area contributed by atoms with Gasteiger partial charge in [-0.25, -0.2) is 4.79 Å². The Kier molecular flexibility index (Phi) is 5.63. The second-order valence-electron chi connectivity index (χ2n) is 9.30. The van der Waals surface area contributed by atoms with E-state index in [-0.39, 0.29) is 17.0 Å². The molecule has 1 saturated heterocycles. The molecule has 2 aliphatic heterocycles. The van der Waals surface area contributed by atoms with Gasteiger partial charge in [-0.15, -0.1) is 0 Å². The number of carboxylic acid groups (broad SMARTS) is 1. The average Bonchev–Trinajstić information content (AvgIpc) is 3.59. The molecule has 1 atom stereocenters. The van der Waals surface area contributed by atoms with Crippen LogP contribution in [0, 0.1) is 5.41 Å². The van der Waals surface area contributed by atoms with Crippen LogP contribution in [-0.4, -0.2) is 49.1 Å². The summed E-state index contributed by atoms with van der Waals surface area (Å²) in [6.07, 6.45) is 1.99. The van der Waals surface area contributed by atoms with E-state index in [2.05, 4.69) is 12.2 Å². The molecular formula is C24H27ClN2O6. The zero-order chi connectivity index (χ0) is 23.3. The lowest BCUT2D eigenvalue weighted by Crippen LogP contribution is -2.56. The van der Waals surface area contributed by atoms with Crippen LogP contribution in [0.25, 0.3) is 11.3 Å². The normalized spacial score (nSPS) is 20.3. The third-order valence-electron chi connectivity index (χ3n) is 6.66. The summed E-state index contributed by atoms with van der Waals surface area (Å²) in [5.74, 6) is -0.131. The SMILES string of the molecule is COCCCOc1cc2c(cc1Cl)-c1c(cc(C(=O)O)c(=O)n1C1CC1)[C@@H](C1(C)CNC1)O2. The highest BCUT2D eigenvalue weighted by molar-refractivity contribution is 6.32. The van der Waals surface area contributed by atoms with E-state index in [9.17, 15) is 14.7 Å². The maximum absolute atomic E-state index is 13.2. The first-order valence-corrected chi connectivity index (χ1v) is 11.6. The summed E-state index contributed by atoms with van der Waals surface area (Å²) >= 11 is 6.57. The van der Waals surface area contributed by atoms with Gasteiger partial charge in [-0.1, -0.05) is 18.5 Å². The van der Waals surface area contributed by atoms with Crippen molar-refractivity contribution in [2.75, 3.05) is 33.4 Å². The van der Waals surface area contributed by atoms with Crippen molar-refractivity contribution in [3.8, 4) is 22.8 Å². The van der Waals surface area contributed by atoms with Crippen molar-refractivity contribution in [2.24, 2.45) is 5.41 Å². The number of rotatable bonds is 8. The molecule has 0 radical (unpaired) electrons. The molecule has 3 heterocycles. The van der Waals surface area contributed by atoms with Gasteiger partial charge in [0, 0.05) is 61.9 Å².